The molecule has 1 aliphatic rings. The minimum Gasteiger partial charge on any atom is -0.392 e. The number of hydrogen-bond acceptors (Lipinski definition) is 1. The van der Waals surface area contributed by atoms with E-state index in [-0.39, 0.29) is 6.10 Å². The molecule has 78 valence electrons. The van der Waals surface area contributed by atoms with Gasteiger partial charge in [-0.1, -0.05) is 0 Å². The van der Waals surface area contributed by atoms with Gasteiger partial charge in [0, 0.05) is 18.4 Å². The van der Waals surface area contributed by atoms with Crippen LogP contribution in [0.15, 0.2) is 6.20 Å². The van der Waals surface area contributed by atoms with Crippen LogP contribution in [-0.4, -0.2) is 15.8 Å². The highest BCUT2D eigenvalue weighted by Gasteiger charge is 2.17. The van der Waals surface area contributed by atoms with Crippen LogP contribution < -0.4 is 0 Å². The Bertz CT molecular complexity index is 325. The number of aromatic nitrogens is 1. The van der Waals surface area contributed by atoms with E-state index in [0.29, 0.717) is 0 Å². The first kappa shape index (κ1) is 9.78. The molecule has 0 saturated heterocycles. The topological polar surface area (TPSA) is 25.2 Å². The Balaban J connectivity index is 2.31. The molecule has 0 amide bonds. The Morgan fingerprint density at radius 2 is 2.14 bits per heavy atom. The molecule has 14 heavy (non-hydrogen) atoms. The maximum atomic E-state index is 9.40. The number of hydrogen-bond donors (Lipinski definition) is 1. The van der Waals surface area contributed by atoms with Gasteiger partial charge in [0.2, 0.25) is 0 Å². The lowest BCUT2D eigenvalue weighted by Crippen LogP contribution is -2.15. The van der Waals surface area contributed by atoms with Crippen molar-refractivity contribution in [2.45, 2.75) is 52.2 Å². The van der Waals surface area contributed by atoms with E-state index in [1.165, 1.54) is 42.5 Å². The van der Waals surface area contributed by atoms with Crippen LogP contribution >= 0.6 is 0 Å². The van der Waals surface area contributed by atoms with Crippen LogP contribution in [0.2, 0.25) is 0 Å². The summed E-state index contributed by atoms with van der Waals surface area (Å²) >= 11 is 0. The Hall–Kier alpha value is -0.760. The van der Waals surface area contributed by atoms with Crippen LogP contribution in [0.25, 0.3) is 0 Å². The van der Waals surface area contributed by atoms with Gasteiger partial charge < -0.3 is 9.67 Å². The van der Waals surface area contributed by atoms with Crippen molar-refractivity contribution in [1.82, 2.24) is 4.57 Å². The van der Waals surface area contributed by atoms with Gasteiger partial charge in [-0.05, 0) is 50.7 Å². The van der Waals surface area contributed by atoms with E-state index < -0.39 is 0 Å². The van der Waals surface area contributed by atoms with Crippen molar-refractivity contribution in [1.29, 1.82) is 0 Å². The lowest BCUT2D eigenvalue weighted by molar-refractivity contribution is 0.172. The molecule has 1 heterocycles. The molecule has 1 aromatic rings. The van der Waals surface area contributed by atoms with E-state index in [4.69, 9.17) is 0 Å². The summed E-state index contributed by atoms with van der Waals surface area (Å²) < 4.78 is 2.24. The molecule has 0 spiro atoms. The van der Waals surface area contributed by atoms with Gasteiger partial charge in [-0.3, -0.25) is 0 Å². The van der Waals surface area contributed by atoms with Gasteiger partial charge in [-0.25, -0.2) is 0 Å². The summed E-state index contributed by atoms with van der Waals surface area (Å²) in [7, 11) is 0. The van der Waals surface area contributed by atoms with Crippen molar-refractivity contribution >= 4 is 0 Å². The average molecular weight is 193 g/mol. The first-order valence-corrected chi connectivity index (χ1v) is 5.54. The predicted octanol–water partition coefficient (Wildman–Crippen LogP) is 2.06. The van der Waals surface area contributed by atoms with E-state index >= 15 is 0 Å². The molecule has 2 nitrogen and oxygen atoms in total. The normalized spacial score (nSPS) is 17.9. The van der Waals surface area contributed by atoms with Gasteiger partial charge in [0.1, 0.15) is 0 Å². The lowest BCUT2D eigenvalue weighted by atomic mass is 9.95. The van der Waals surface area contributed by atoms with E-state index in [0.717, 1.165) is 6.54 Å². The maximum absolute atomic E-state index is 9.40. The third-order valence-corrected chi connectivity index (χ3v) is 3.07. The molecule has 2 rings (SSSR count). The summed E-state index contributed by atoms with van der Waals surface area (Å²) in [5, 5.41) is 9.40. The Labute approximate surface area is 85.6 Å². The Kier molecular flexibility index (Phi) is 2.64. The number of fused-ring (bicyclic) bond motifs is 1. The molecule has 2 heteroatoms. The Morgan fingerprint density at radius 3 is 2.86 bits per heavy atom. The molecule has 1 aromatic heterocycles. The van der Waals surface area contributed by atoms with Gasteiger partial charge in [-0.15, -0.1) is 0 Å². The van der Waals surface area contributed by atoms with Crippen molar-refractivity contribution in [2.24, 2.45) is 0 Å². The first-order valence-electron chi connectivity index (χ1n) is 5.54. The standard InChI is InChI=1S/C12H19NO/c1-9-7-13(8-10(2)14)12-6-4-3-5-11(9)12/h7,10,14H,3-6,8H2,1-2H3. The fraction of sp³-hybridized carbons (Fsp3) is 0.667. The summed E-state index contributed by atoms with van der Waals surface area (Å²) in [6, 6.07) is 0. The molecular weight excluding hydrogens is 174 g/mol. The zero-order valence-corrected chi connectivity index (χ0v) is 9.08. The average Bonchev–Trinajstić information content (AvgIpc) is 2.44. The summed E-state index contributed by atoms with van der Waals surface area (Å²) in [4.78, 5) is 0. The molecule has 1 unspecified atom stereocenters. The van der Waals surface area contributed by atoms with Gasteiger partial charge >= 0.3 is 0 Å². The van der Waals surface area contributed by atoms with Crippen molar-refractivity contribution in [3.63, 3.8) is 0 Å². The zero-order chi connectivity index (χ0) is 10.1. The van der Waals surface area contributed by atoms with Crippen LogP contribution in [0.5, 0.6) is 0 Å². The van der Waals surface area contributed by atoms with Crippen LogP contribution in [0, 0.1) is 6.92 Å². The molecule has 0 aromatic carbocycles. The Morgan fingerprint density at radius 1 is 1.43 bits per heavy atom. The van der Waals surface area contributed by atoms with E-state index in [1.54, 1.807) is 0 Å². The molecule has 0 radical (unpaired) electrons. The highest BCUT2D eigenvalue weighted by molar-refractivity contribution is 5.33. The largest absolute Gasteiger partial charge is 0.392 e. The van der Waals surface area contributed by atoms with Crippen LogP contribution in [0.3, 0.4) is 0 Å². The second-order valence-corrected chi connectivity index (χ2v) is 4.45. The number of aliphatic hydroxyl groups is 1. The first-order chi connectivity index (χ1) is 6.68. The molecule has 1 atom stereocenters. The van der Waals surface area contributed by atoms with E-state index in [1.807, 2.05) is 6.92 Å². The molecule has 0 aliphatic heterocycles. The second-order valence-electron chi connectivity index (χ2n) is 4.45. The predicted molar refractivity (Wildman–Crippen MR) is 57.5 cm³/mol. The summed E-state index contributed by atoms with van der Waals surface area (Å²) in [6.45, 7) is 4.78. The number of aryl methyl sites for hydroxylation is 1. The minimum atomic E-state index is -0.243. The van der Waals surface area contributed by atoms with E-state index in [2.05, 4.69) is 17.7 Å². The van der Waals surface area contributed by atoms with Gasteiger partial charge in [0.05, 0.1) is 6.10 Å². The monoisotopic (exact) mass is 193 g/mol. The second kappa shape index (κ2) is 3.77. The lowest BCUT2D eigenvalue weighted by Gasteiger charge is -2.16. The molecule has 0 saturated carbocycles. The summed E-state index contributed by atoms with van der Waals surface area (Å²) in [5.74, 6) is 0. The quantitative estimate of drug-likeness (QED) is 0.764. The third-order valence-electron chi connectivity index (χ3n) is 3.07. The molecule has 0 fully saturated rings. The van der Waals surface area contributed by atoms with Crippen LogP contribution in [0.4, 0.5) is 0 Å². The molecular formula is C12H19NO. The maximum Gasteiger partial charge on any atom is 0.0690 e. The SMILES string of the molecule is Cc1cn(CC(C)O)c2c1CCCC2. The molecule has 1 aliphatic carbocycles. The van der Waals surface area contributed by atoms with Gasteiger partial charge in [0.15, 0.2) is 0 Å². The van der Waals surface area contributed by atoms with Crippen molar-refractivity contribution in [3.05, 3.63) is 23.0 Å². The van der Waals surface area contributed by atoms with Gasteiger partial charge in [-0.2, -0.15) is 0 Å². The van der Waals surface area contributed by atoms with Crippen LogP contribution in [0.1, 0.15) is 36.6 Å². The fourth-order valence-electron chi connectivity index (χ4n) is 2.47. The van der Waals surface area contributed by atoms with Gasteiger partial charge in [0.25, 0.3) is 0 Å². The highest BCUT2D eigenvalue weighted by atomic mass is 16.3. The third kappa shape index (κ3) is 1.71. The number of nitrogens with zero attached hydrogens (tertiary/aromatic N) is 1. The summed E-state index contributed by atoms with van der Waals surface area (Å²) in [5.41, 5.74) is 4.41. The highest BCUT2D eigenvalue weighted by Crippen LogP contribution is 2.26. The van der Waals surface area contributed by atoms with Crippen molar-refractivity contribution in [3.8, 4) is 0 Å². The number of rotatable bonds is 2. The number of aliphatic hydroxyl groups excluding tert-OH is 1. The summed E-state index contributed by atoms with van der Waals surface area (Å²) in [6.07, 6.45) is 7.00. The zero-order valence-electron chi connectivity index (χ0n) is 9.08. The smallest absolute Gasteiger partial charge is 0.0690 e. The van der Waals surface area contributed by atoms with E-state index in [9.17, 15) is 5.11 Å². The minimum absolute atomic E-state index is 0.243. The van der Waals surface area contributed by atoms with Crippen molar-refractivity contribution in [2.75, 3.05) is 0 Å². The van der Waals surface area contributed by atoms with Crippen LogP contribution in [-0.2, 0) is 19.4 Å². The fourth-order valence-corrected chi connectivity index (χ4v) is 2.47. The molecule has 1 N–H and O–H groups in total. The van der Waals surface area contributed by atoms with Crippen molar-refractivity contribution < 1.29 is 5.11 Å². The molecule has 0 bridgehead atoms.